The monoisotopic (exact) mass is 263 g/mol. The van der Waals surface area contributed by atoms with E-state index in [9.17, 15) is 9.90 Å². The number of halogens is 1. The fraction of sp³-hybridized carbons (Fsp3) is 0.0714. The van der Waals surface area contributed by atoms with Gasteiger partial charge in [0, 0.05) is 22.9 Å². The van der Waals surface area contributed by atoms with Crippen LogP contribution in [0.5, 0.6) is 5.75 Å². The number of hydrogen-bond donors (Lipinski definition) is 2. The normalized spacial score (nSPS) is 9.61. The Labute approximate surface area is 112 Å². The molecule has 0 aliphatic carbocycles. The Morgan fingerprint density at radius 2 is 1.72 bits per heavy atom. The van der Waals surface area contributed by atoms with E-state index in [1.807, 2.05) is 12.1 Å². The van der Waals surface area contributed by atoms with E-state index in [1.54, 1.807) is 24.3 Å². The highest BCUT2D eigenvalue weighted by Gasteiger charge is 2.05. The summed E-state index contributed by atoms with van der Waals surface area (Å²) in [6, 6.07) is 12.1. The number of rotatable bonds is 2. The molecule has 0 aliphatic heterocycles. The number of Topliss-reactive ketones (excluding diaryl/α,β-unsaturated/α-hetero) is 1. The largest absolute Gasteiger partial charge is 0.507 e. The minimum atomic E-state index is 0. The molecule has 0 unspecified atom stereocenters. The first kappa shape index (κ1) is 14.1. The van der Waals surface area contributed by atoms with Gasteiger partial charge >= 0.3 is 0 Å². The molecule has 3 N–H and O–H groups in total. The van der Waals surface area contributed by atoms with Crippen LogP contribution in [0.4, 0.5) is 5.69 Å². The smallest absolute Gasteiger partial charge is 0.159 e. The summed E-state index contributed by atoms with van der Waals surface area (Å²) in [5, 5.41) is 9.78. The number of phenols is 1. The van der Waals surface area contributed by atoms with Gasteiger partial charge in [-0.05, 0) is 24.6 Å². The van der Waals surface area contributed by atoms with Crippen molar-refractivity contribution in [1.29, 1.82) is 0 Å². The van der Waals surface area contributed by atoms with Gasteiger partial charge in [0.1, 0.15) is 5.75 Å². The van der Waals surface area contributed by atoms with Crippen LogP contribution < -0.4 is 5.73 Å². The first-order valence-corrected chi connectivity index (χ1v) is 5.28. The highest BCUT2D eigenvalue weighted by atomic mass is 35.5. The summed E-state index contributed by atoms with van der Waals surface area (Å²) in [7, 11) is 0. The molecule has 0 bridgehead atoms. The van der Waals surface area contributed by atoms with Gasteiger partial charge in [-0.25, -0.2) is 0 Å². The SMILES string of the molecule is CC(=O)c1ccc(-c2ccc(N)cc2O)cc1.Cl. The third-order valence-corrected chi connectivity index (χ3v) is 2.62. The molecule has 94 valence electrons. The van der Waals surface area contributed by atoms with Gasteiger partial charge < -0.3 is 10.8 Å². The molecule has 4 heteroatoms. The molecule has 0 saturated heterocycles. The van der Waals surface area contributed by atoms with E-state index in [0.29, 0.717) is 16.8 Å². The lowest BCUT2D eigenvalue weighted by Gasteiger charge is -2.06. The molecule has 0 aliphatic rings. The Balaban J connectivity index is 0.00000162. The molecule has 0 heterocycles. The van der Waals surface area contributed by atoms with E-state index >= 15 is 0 Å². The molecular weight excluding hydrogens is 250 g/mol. The van der Waals surface area contributed by atoms with E-state index in [2.05, 4.69) is 0 Å². The summed E-state index contributed by atoms with van der Waals surface area (Å²) in [5.74, 6) is 0.165. The van der Waals surface area contributed by atoms with Crippen molar-refractivity contribution in [2.45, 2.75) is 6.92 Å². The van der Waals surface area contributed by atoms with Crippen LogP contribution in [-0.2, 0) is 0 Å². The van der Waals surface area contributed by atoms with Gasteiger partial charge in [0.25, 0.3) is 0 Å². The number of phenolic OH excluding ortho intramolecular Hbond substituents is 1. The molecule has 2 rings (SSSR count). The standard InChI is InChI=1S/C14H13NO2.ClH/c1-9(16)10-2-4-11(5-3-10)13-7-6-12(15)8-14(13)17;/h2-8,17H,15H2,1H3;1H. The van der Waals surface area contributed by atoms with Crippen LogP contribution in [-0.4, -0.2) is 10.9 Å². The van der Waals surface area contributed by atoms with Crippen molar-refractivity contribution in [2.24, 2.45) is 0 Å². The van der Waals surface area contributed by atoms with Crippen LogP contribution >= 0.6 is 12.4 Å². The van der Waals surface area contributed by atoms with E-state index in [0.717, 1.165) is 5.56 Å². The van der Waals surface area contributed by atoms with Crippen molar-refractivity contribution in [3.8, 4) is 16.9 Å². The van der Waals surface area contributed by atoms with E-state index in [1.165, 1.54) is 13.0 Å². The van der Waals surface area contributed by atoms with Crippen LogP contribution in [0, 0.1) is 0 Å². The Morgan fingerprint density at radius 1 is 1.11 bits per heavy atom. The molecule has 0 saturated carbocycles. The minimum absolute atomic E-state index is 0. The first-order valence-electron chi connectivity index (χ1n) is 5.28. The number of anilines is 1. The third-order valence-electron chi connectivity index (χ3n) is 2.62. The Bertz CT molecular complexity index is 565. The highest BCUT2D eigenvalue weighted by molar-refractivity contribution is 5.94. The molecular formula is C14H14ClNO2. The number of hydrogen-bond acceptors (Lipinski definition) is 3. The van der Waals surface area contributed by atoms with Gasteiger partial charge in [-0.3, -0.25) is 4.79 Å². The number of nitrogens with two attached hydrogens (primary N) is 1. The lowest BCUT2D eigenvalue weighted by molar-refractivity contribution is 0.101. The summed E-state index contributed by atoms with van der Waals surface area (Å²) < 4.78 is 0. The zero-order valence-electron chi connectivity index (χ0n) is 9.88. The first-order chi connectivity index (χ1) is 8.08. The Kier molecular flexibility index (Phi) is 4.34. The van der Waals surface area contributed by atoms with Gasteiger partial charge in [-0.15, -0.1) is 12.4 Å². The number of nitrogen functional groups attached to an aromatic ring is 1. The molecule has 0 amide bonds. The second kappa shape index (κ2) is 5.56. The van der Waals surface area contributed by atoms with Gasteiger partial charge in [0.15, 0.2) is 5.78 Å². The lowest BCUT2D eigenvalue weighted by Crippen LogP contribution is -1.91. The molecule has 2 aromatic rings. The zero-order chi connectivity index (χ0) is 12.4. The second-order valence-corrected chi connectivity index (χ2v) is 3.91. The van der Waals surface area contributed by atoms with Crippen LogP contribution in [0.3, 0.4) is 0 Å². The van der Waals surface area contributed by atoms with E-state index < -0.39 is 0 Å². The average molecular weight is 264 g/mol. The van der Waals surface area contributed by atoms with Crippen LogP contribution in [0.1, 0.15) is 17.3 Å². The number of carbonyl (C=O) groups excluding carboxylic acids is 1. The van der Waals surface area contributed by atoms with Crippen molar-refractivity contribution in [3.63, 3.8) is 0 Å². The van der Waals surface area contributed by atoms with Crippen LogP contribution in [0.2, 0.25) is 0 Å². The van der Waals surface area contributed by atoms with Crippen LogP contribution in [0.25, 0.3) is 11.1 Å². The number of carbonyl (C=O) groups is 1. The minimum Gasteiger partial charge on any atom is -0.507 e. The third kappa shape index (κ3) is 2.81. The topological polar surface area (TPSA) is 63.3 Å². The zero-order valence-corrected chi connectivity index (χ0v) is 10.7. The summed E-state index contributed by atoms with van der Waals surface area (Å²) in [6.45, 7) is 1.52. The predicted molar refractivity (Wildman–Crippen MR) is 75.2 cm³/mol. The molecule has 0 spiro atoms. The molecule has 2 aromatic carbocycles. The maximum atomic E-state index is 11.1. The molecule has 18 heavy (non-hydrogen) atoms. The molecule has 0 fully saturated rings. The van der Waals surface area contributed by atoms with Crippen LogP contribution in [0.15, 0.2) is 42.5 Å². The molecule has 0 radical (unpaired) electrons. The Morgan fingerprint density at radius 3 is 2.22 bits per heavy atom. The number of benzene rings is 2. The van der Waals surface area contributed by atoms with E-state index in [4.69, 9.17) is 5.73 Å². The van der Waals surface area contributed by atoms with Crippen molar-refractivity contribution < 1.29 is 9.90 Å². The lowest BCUT2D eigenvalue weighted by atomic mass is 10.0. The quantitative estimate of drug-likeness (QED) is 0.646. The maximum absolute atomic E-state index is 11.1. The van der Waals surface area contributed by atoms with Gasteiger partial charge in [-0.2, -0.15) is 0 Å². The maximum Gasteiger partial charge on any atom is 0.159 e. The second-order valence-electron chi connectivity index (χ2n) is 3.91. The summed E-state index contributed by atoms with van der Waals surface area (Å²) in [4.78, 5) is 11.1. The van der Waals surface area contributed by atoms with Crippen molar-refractivity contribution in [1.82, 2.24) is 0 Å². The molecule has 0 atom stereocenters. The van der Waals surface area contributed by atoms with Gasteiger partial charge in [0.05, 0.1) is 0 Å². The molecule has 0 aromatic heterocycles. The van der Waals surface area contributed by atoms with E-state index in [-0.39, 0.29) is 23.9 Å². The summed E-state index contributed by atoms with van der Waals surface area (Å²) >= 11 is 0. The van der Waals surface area contributed by atoms with Crippen molar-refractivity contribution >= 4 is 23.9 Å². The predicted octanol–water partition coefficient (Wildman–Crippen LogP) is 3.27. The average Bonchev–Trinajstić information content (AvgIpc) is 2.29. The number of aromatic hydroxyl groups is 1. The fourth-order valence-corrected chi connectivity index (χ4v) is 1.68. The summed E-state index contributed by atoms with van der Waals surface area (Å²) in [5.41, 5.74) is 8.30. The Hall–Kier alpha value is -2.00. The van der Waals surface area contributed by atoms with Crippen molar-refractivity contribution in [2.75, 3.05) is 5.73 Å². The van der Waals surface area contributed by atoms with Gasteiger partial charge in [-0.1, -0.05) is 24.3 Å². The fourth-order valence-electron chi connectivity index (χ4n) is 1.68. The highest BCUT2D eigenvalue weighted by Crippen LogP contribution is 2.30. The molecule has 3 nitrogen and oxygen atoms in total. The van der Waals surface area contributed by atoms with Crippen molar-refractivity contribution in [3.05, 3.63) is 48.0 Å². The summed E-state index contributed by atoms with van der Waals surface area (Å²) in [6.07, 6.45) is 0. The van der Waals surface area contributed by atoms with Gasteiger partial charge in [0.2, 0.25) is 0 Å². The number of ketones is 1.